The Hall–Kier alpha value is -3.28. The monoisotopic (exact) mass is 337 g/mol. The summed E-state index contributed by atoms with van der Waals surface area (Å²) in [6.45, 7) is 0.202. The molecular weight excluding hydrogens is 321 g/mol. The Bertz CT molecular complexity index is 839. The SMILES string of the molecule is O=C(COc1ccc(F)cc1)NCc1cncc(-c2cccnc2)c1. The number of carbonyl (C=O) groups is 1. The van der Waals surface area contributed by atoms with Gasteiger partial charge in [-0.25, -0.2) is 4.39 Å². The number of amides is 1. The maximum Gasteiger partial charge on any atom is 0.258 e. The van der Waals surface area contributed by atoms with E-state index in [1.807, 2.05) is 18.2 Å². The summed E-state index contributed by atoms with van der Waals surface area (Å²) in [7, 11) is 0. The lowest BCUT2D eigenvalue weighted by Gasteiger charge is -2.08. The largest absolute Gasteiger partial charge is 0.484 e. The number of nitrogens with zero attached hydrogens (tertiary/aromatic N) is 2. The number of pyridine rings is 2. The zero-order valence-corrected chi connectivity index (χ0v) is 13.4. The second-order valence-corrected chi connectivity index (χ2v) is 5.34. The van der Waals surface area contributed by atoms with E-state index in [0.717, 1.165) is 16.7 Å². The van der Waals surface area contributed by atoms with Gasteiger partial charge in [-0.15, -0.1) is 0 Å². The van der Waals surface area contributed by atoms with Crippen molar-refractivity contribution in [3.8, 4) is 16.9 Å². The molecule has 0 aliphatic rings. The highest BCUT2D eigenvalue weighted by molar-refractivity contribution is 5.77. The Balaban J connectivity index is 1.53. The summed E-state index contributed by atoms with van der Waals surface area (Å²) in [4.78, 5) is 20.2. The Morgan fingerprint density at radius 3 is 2.60 bits per heavy atom. The molecule has 3 rings (SSSR count). The average molecular weight is 337 g/mol. The zero-order chi connectivity index (χ0) is 17.5. The first-order valence-corrected chi connectivity index (χ1v) is 7.70. The van der Waals surface area contributed by atoms with Crippen molar-refractivity contribution in [2.45, 2.75) is 6.54 Å². The summed E-state index contributed by atoms with van der Waals surface area (Å²) in [5, 5.41) is 2.77. The fraction of sp³-hybridized carbons (Fsp3) is 0.105. The summed E-state index contributed by atoms with van der Waals surface area (Å²) >= 11 is 0. The van der Waals surface area contributed by atoms with E-state index in [1.165, 1.54) is 24.3 Å². The van der Waals surface area contributed by atoms with Crippen LogP contribution in [0.3, 0.4) is 0 Å². The molecule has 1 N–H and O–H groups in total. The van der Waals surface area contributed by atoms with E-state index in [9.17, 15) is 9.18 Å². The van der Waals surface area contributed by atoms with Gasteiger partial charge in [-0.1, -0.05) is 6.07 Å². The van der Waals surface area contributed by atoms with E-state index in [1.54, 1.807) is 24.8 Å². The summed E-state index contributed by atoms with van der Waals surface area (Å²) in [5.41, 5.74) is 2.77. The highest BCUT2D eigenvalue weighted by Gasteiger charge is 2.05. The Morgan fingerprint density at radius 2 is 1.84 bits per heavy atom. The van der Waals surface area contributed by atoms with Crippen LogP contribution in [0.5, 0.6) is 5.75 Å². The summed E-state index contributed by atoms with van der Waals surface area (Å²) in [6, 6.07) is 11.3. The molecule has 0 unspecified atom stereocenters. The van der Waals surface area contributed by atoms with Crippen molar-refractivity contribution in [1.29, 1.82) is 0 Å². The molecule has 1 amide bonds. The van der Waals surface area contributed by atoms with E-state index >= 15 is 0 Å². The third-order valence-electron chi connectivity index (χ3n) is 3.46. The lowest BCUT2D eigenvalue weighted by Crippen LogP contribution is -2.28. The second-order valence-electron chi connectivity index (χ2n) is 5.34. The van der Waals surface area contributed by atoms with Crippen LogP contribution >= 0.6 is 0 Å². The number of aromatic nitrogens is 2. The van der Waals surface area contributed by atoms with Gasteiger partial charge >= 0.3 is 0 Å². The van der Waals surface area contributed by atoms with Crippen LogP contribution in [0, 0.1) is 5.82 Å². The van der Waals surface area contributed by atoms with E-state index in [0.29, 0.717) is 12.3 Å². The molecule has 5 nitrogen and oxygen atoms in total. The molecule has 0 atom stereocenters. The minimum atomic E-state index is -0.349. The van der Waals surface area contributed by atoms with Crippen LogP contribution in [0.4, 0.5) is 4.39 Å². The number of halogens is 1. The third-order valence-corrected chi connectivity index (χ3v) is 3.46. The lowest BCUT2D eigenvalue weighted by atomic mass is 10.1. The highest BCUT2D eigenvalue weighted by Crippen LogP contribution is 2.17. The van der Waals surface area contributed by atoms with E-state index in [-0.39, 0.29) is 18.3 Å². The zero-order valence-electron chi connectivity index (χ0n) is 13.4. The van der Waals surface area contributed by atoms with Crippen molar-refractivity contribution in [3.63, 3.8) is 0 Å². The van der Waals surface area contributed by atoms with E-state index < -0.39 is 0 Å². The maximum atomic E-state index is 12.8. The standard InChI is InChI=1S/C19H16FN3O2/c20-17-3-5-18(6-4-17)25-13-19(24)23-10-14-8-16(12-22-9-14)15-2-1-7-21-11-15/h1-9,11-12H,10,13H2,(H,23,24). The van der Waals surface area contributed by atoms with Gasteiger partial charge < -0.3 is 10.1 Å². The summed E-state index contributed by atoms with van der Waals surface area (Å²) in [5.74, 6) is -0.175. The molecule has 0 radical (unpaired) electrons. The molecule has 0 saturated carbocycles. The fourth-order valence-corrected chi connectivity index (χ4v) is 2.21. The van der Waals surface area contributed by atoms with Gasteiger partial charge in [0, 0.05) is 42.5 Å². The quantitative estimate of drug-likeness (QED) is 0.751. The van der Waals surface area contributed by atoms with Crippen molar-refractivity contribution < 1.29 is 13.9 Å². The molecule has 0 saturated heterocycles. The van der Waals surface area contributed by atoms with Crippen LogP contribution in [-0.4, -0.2) is 22.5 Å². The van der Waals surface area contributed by atoms with Gasteiger partial charge in [0.15, 0.2) is 6.61 Å². The number of carbonyl (C=O) groups excluding carboxylic acids is 1. The number of nitrogens with one attached hydrogen (secondary N) is 1. The van der Waals surface area contributed by atoms with Gasteiger partial charge in [0.2, 0.25) is 0 Å². The molecular formula is C19H16FN3O2. The van der Waals surface area contributed by atoms with Crippen molar-refractivity contribution in [1.82, 2.24) is 15.3 Å². The van der Waals surface area contributed by atoms with Crippen molar-refractivity contribution in [2.75, 3.05) is 6.61 Å². The molecule has 0 aliphatic heterocycles. The van der Waals surface area contributed by atoms with Crippen LogP contribution in [0.1, 0.15) is 5.56 Å². The van der Waals surface area contributed by atoms with Crippen LogP contribution in [-0.2, 0) is 11.3 Å². The predicted octanol–water partition coefficient (Wildman–Crippen LogP) is 2.98. The normalized spacial score (nSPS) is 10.3. The minimum Gasteiger partial charge on any atom is -0.484 e. The average Bonchev–Trinajstić information content (AvgIpc) is 2.67. The smallest absolute Gasteiger partial charge is 0.258 e. The lowest BCUT2D eigenvalue weighted by molar-refractivity contribution is -0.123. The van der Waals surface area contributed by atoms with Gasteiger partial charge in [-0.3, -0.25) is 14.8 Å². The topological polar surface area (TPSA) is 64.1 Å². The molecule has 2 heterocycles. The van der Waals surface area contributed by atoms with Crippen LogP contribution in [0.15, 0.2) is 67.3 Å². The summed E-state index contributed by atoms with van der Waals surface area (Å²) < 4.78 is 18.1. The molecule has 0 spiro atoms. The van der Waals surface area contributed by atoms with Gasteiger partial charge in [-0.2, -0.15) is 0 Å². The number of rotatable bonds is 6. The molecule has 1 aromatic carbocycles. The van der Waals surface area contributed by atoms with Crippen molar-refractivity contribution in [3.05, 3.63) is 78.6 Å². The Labute approximate surface area is 144 Å². The molecule has 0 aliphatic carbocycles. The first kappa shape index (κ1) is 16.6. The molecule has 25 heavy (non-hydrogen) atoms. The molecule has 0 fully saturated rings. The first-order valence-electron chi connectivity index (χ1n) is 7.70. The van der Waals surface area contributed by atoms with Crippen LogP contribution in [0.25, 0.3) is 11.1 Å². The summed E-state index contributed by atoms with van der Waals surface area (Å²) in [6.07, 6.45) is 6.92. The maximum absolute atomic E-state index is 12.8. The van der Waals surface area contributed by atoms with Gasteiger partial charge in [0.1, 0.15) is 11.6 Å². The second kappa shape index (κ2) is 8.01. The van der Waals surface area contributed by atoms with E-state index in [4.69, 9.17) is 4.74 Å². The number of benzene rings is 1. The van der Waals surface area contributed by atoms with Crippen LogP contribution in [0.2, 0.25) is 0 Å². The van der Waals surface area contributed by atoms with Crippen LogP contribution < -0.4 is 10.1 Å². The van der Waals surface area contributed by atoms with Crippen molar-refractivity contribution >= 4 is 5.91 Å². The van der Waals surface area contributed by atoms with Crippen molar-refractivity contribution in [2.24, 2.45) is 0 Å². The molecule has 2 aromatic heterocycles. The third kappa shape index (κ3) is 4.84. The molecule has 6 heteroatoms. The van der Waals surface area contributed by atoms with Gasteiger partial charge in [0.05, 0.1) is 0 Å². The minimum absolute atomic E-state index is 0.138. The highest BCUT2D eigenvalue weighted by atomic mass is 19.1. The molecule has 126 valence electrons. The van der Waals surface area contributed by atoms with E-state index in [2.05, 4.69) is 15.3 Å². The number of hydrogen-bond donors (Lipinski definition) is 1. The van der Waals surface area contributed by atoms with Gasteiger partial charge in [-0.05, 0) is 42.0 Å². The molecule has 3 aromatic rings. The fourth-order valence-electron chi connectivity index (χ4n) is 2.21. The molecule has 0 bridgehead atoms. The Morgan fingerprint density at radius 1 is 1.04 bits per heavy atom. The van der Waals surface area contributed by atoms with Gasteiger partial charge in [0.25, 0.3) is 5.91 Å². The first-order chi connectivity index (χ1) is 12.2. The number of hydrogen-bond acceptors (Lipinski definition) is 4. The Kier molecular flexibility index (Phi) is 5.31. The predicted molar refractivity (Wildman–Crippen MR) is 91.2 cm³/mol. The number of ether oxygens (including phenoxy) is 1.